The Bertz CT molecular complexity index is 865. The van der Waals surface area contributed by atoms with Crippen LogP contribution in [0.5, 0.6) is 0 Å². The van der Waals surface area contributed by atoms with Crippen LogP contribution < -0.4 is 10.2 Å². The molecule has 30 heavy (non-hydrogen) atoms. The molecule has 4 nitrogen and oxygen atoms in total. The molecule has 0 fully saturated rings. The summed E-state index contributed by atoms with van der Waals surface area (Å²) in [5, 5.41) is 3.10. The normalized spacial score (nSPS) is 14.8. The molecule has 0 spiro atoms. The number of nitrogens with zero attached hydrogens (tertiary/aromatic N) is 2. The van der Waals surface area contributed by atoms with E-state index in [0.717, 1.165) is 37.3 Å². The number of fused-ring (bicyclic) bond motifs is 2. The lowest BCUT2D eigenvalue weighted by Gasteiger charge is -2.39. The Hall–Kier alpha value is -1.98. The predicted molar refractivity (Wildman–Crippen MR) is 128 cm³/mol. The van der Waals surface area contributed by atoms with Gasteiger partial charge >= 0.3 is 0 Å². The first-order valence-corrected chi connectivity index (χ1v) is 12.0. The standard InChI is InChI=1S/C25H35N3OS/c1-6-18(4)16-26-25(29)20-13-14-24-22(15-20)28(19(5)17-27(7-2)8-3)21-11-9-10-12-23(21)30-24/h9-15,18-19H,6-8,16-17H2,1-5H3,(H,26,29)/t18-,19?/m1/s1. The second-order valence-corrected chi connectivity index (χ2v) is 9.26. The summed E-state index contributed by atoms with van der Waals surface area (Å²) in [6.07, 6.45) is 1.06. The molecule has 1 aliphatic heterocycles. The topological polar surface area (TPSA) is 35.6 Å². The molecule has 0 aromatic heterocycles. The van der Waals surface area contributed by atoms with E-state index >= 15 is 0 Å². The molecule has 1 N–H and O–H groups in total. The van der Waals surface area contributed by atoms with Crippen LogP contribution in [0.4, 0.5) is 11.4 Å². The Balaban J connectivity index is 1.94. The molecule has 0 saturated heterocycles. The van der Waals surface area contributed by atoms with Gasteiger partial charge in [-0.3, -0.25) is 4.79 Å². The predicted octanol–water partition coefficient (Wildman–Crippen LogP) is 5.80. The minimum absolute atomic E-state index is 0.0123. The Morgan fingerprint density at radius 3 is 2.43 bits per heavy atom. The van der Waals surface area contributed by atoms with Crippen LogP contribution in [-0.4, -0.2) is 43.0 Å². The maximum atomic E-state index is 12.8. The third-order valence-electron chi connectivity index (χ3n) is 5.99. The van der Waals surface area contributed by atoms with E-state index in [1.54, 1.807) is 11.8 Å². The third-order valence-corrected chi connectivity index (χ3v) is 7.12. The van der Waals surface area contributed by atoms with Crippen molar-refractivity contribution in [1.82, 2.24) is 10.2 Å². The largest absolute Gasteiger partial charge is 0.352 e. The Morgan fingerprint density at radius 1 is 1.03 bits per heavy atom. The molecule has 2 atom stereocenters. The Labute approximate surface area is 186 Å². The van der Waals surface area contributed by atoms with Crippen LogP contribution in [0.15, 0.2) is 52.3 Å². The molecule has 1 aliphatic rings. The summed E-state index contributed by atoms with van der Waals surface area (Å²) in [6, 6.07) is 15.0. The second kappa shape index (κ2) is 10.4. The summed E-state index contributed by atoms with van der Waals surface area (Å²) in [5.74, 6) is 0.498. The van der Waals surface area contributed by atoms with Gasteiger partial charge in [0.05, 0.1) is 11.4 Å². The number of anilines is 2. The molecule has 0 bridgehead atoms. The van der Waals surface area contributed by atoms with E-state index in [2.05, 4.69) is 86.1 Å². The van der Waals surface area contributed by atoms with E-state index in [-0.39, 0.29) is 5.91 Å². The Morgan fingerprint density at radius 2 is 1.73 bits per heavy atom. The van der Waals surface area contributed by atoms with Gasteiger partial charge in [0.1, 0.15) is 0 Å². The zero-order valence-electron chi connectivity index (χ0n) is 18.9. The fraction of sp³-hybridized carbons (Fsp3) is 0.480. The zero-order chi connectivity index (χ0) is 21.7. The van der Waals surface area contributed by atoms with Gasteiger partial charge < -0.3 is 15.1 Å². The van der Waals surface area contributed by atoms with E-state index < -0.39 is 0 Å². The van der Waals surface area contributed by atoms with Gasteiger partial charge in [0.2, 0.25) is 0 Å². The van der Waals surface area contributed by atoms with Crippen LogP contribution in [-0.2, 0) is 0 Å². The monoisotopic (exact) mass is 425 g/mol. The summed E-state index contributed by atoms with van der Waals surface area (Å²) in [4.78, 5) is 20.2. The van der Waals surface area contributed by atoms with Crippen LogP contribution in [0, 0.1) is 5.92 Å². The molecule has 0 aliphatic carbocycles. The number of likely N-dealkylation sites (N-methyl/N-ethyl adjacent to an activating group) is 1. The fourth-order valence-electron chi connectivity index (χ4n) is 3.85. The van der Waals surface area contributed by atoms with Gasteiger partial charge in [-0.1, -0.05) is 58.0 Å². The Kier molecular flexibility index (Phi) is 7.84. The minimum atomic E-state index is 0.0123. The molecule has 2 aromatic carbocycles. The zero-order valence-corrected chi connectivity index (χ0v) is 19.8. The van der Waals surface area contributed by atoms with Gasteiger partial charge in [0, 0.05) is 34.5 Å². The van der Waals surface area contributed by atoms with Crippen molar-refractivity contribution >= 4 is 29.0 Å². The van der Waals surface area contributed by atoms with E-state index in [1.165, 1.54) is 15.5 Å². The first-order chi connectivity index (χ1) is 14.5. The van der Waals surface area contributed by atoms with Crippen molar-refractivity contribution in [3.8, 4) is 0 Å². The number of carbonyl (C=O) groups excluding carboxylic acids is 1. The summed E-state index contributed by atoms with van der Waals surface area (Å²) >= 11 is 1.79. The van der Waals surface area contributed by atoms with Gasteiger partial charge in [0.25, 0.3) is 5.91 Å². The smallest absolute Gasteiger partial charge is 0.251 e. The maximum Gasteiger partial charge on any atom is 0.251 e. The molecule has 3 rings (SSSR count). The molecule has 5 heteroatoms. The van der Waals surface area contributed by atoms with E-state index in [0.29, 0.717) is 18.5 Å². The average molecular weight is 426 g/mol. The van der Waals surface area contributed by atoms with Gasteiger partial charge in [0.15, 0.2) is 0 Å². The average Bonchev–Trinajstić information content (AvgIpc) is 2.78. The van der Waals surface area contributed by atoms with E-state index in [4.69, 9.17) is 0 Å². The number of para-hydroxylation sites is 1. The molecule has 1 unspecified atom stereocenters. The number of carbonyl (C=O) groups is 1. The second-order valence-electron chi connectivity index (χ2n) is 8.18. The number of benzene rings is 2. The lowest BCUT2D eigenvalue weighted by molar-refractivity contribution is 0.0948. The van der Waals surface area contributed by atoms with E-state index in [1.807, 2.05) is 6.07 Å². The number of rotatable bonds is 9. The molecule has 0 radical (unpaired) electrons. The van der Waals surface area contributed by atoms with Crippen molar-refractivity contribution in [2.75, 3.05) is 31.1 Å². The summed E-state index contributed by atoms with van der Waals surface area (Å²) in [7, 11) is 0. The molecule has 2 aromatic rings. The van der Waals surface area contributed by atoms with Crippen LogP contribution in [0.3, 0.4) is 0 Å². The first kappa shape index (κ1) is 22.7. The summed E-state index contributed by atoms with van der Waals surface area (Å²) in [5.41, 5.74) is 3.10. The van der Waals surface area contributed by atoms with Crippen molar-refractivity contribution in [2.45, 2.75) is 56.9 Å². The highest BCUT2D eigenvalue weighted by molar-refractivity contribution is 7.99. The fourth-order valence-corrected chi connectivity index (χ4v) is 4.90. The number of amides is 1. The van der Waals surface area contributed by atoms with Crippen LogP contribution in [0.25, 0.3) is 0 Å². The summed E-state index contributed by atoms with van der Waals surface area (Å²) < 4.78 is 0. The van der Waals surface area contributed by atoms with Crippen molar-refractivity contribution < 1.29 is 4.79 Å². The molecule has 0 saturated carbocycles. The van der Waals surface area contributed by atoms with E-state index in [9.17, 15) is 4.79 Å². The van der Waals surface area contributed by atoms with Crippen molar-refractivity contribution in [1.29, 1.82) is 0 Å². The van der Waals surface area contributed by atoms with Gasteiger partial charge in [-0.2, -0.15) is 0 Å². The van der Waals surface area contributed by atoms with Crippen LogP contribution >= 0.6 is 11.8 Å². The number of hydrogen-bond acceptors (Lipinski definition) is 4. The lowest BCUT2D eigenvalue weighted by atomic mass is 10.1. The van der Waals surface area contributed by atoms with Crippen LogP contribution in [0.2, 0.25) is 0 Å². The molecule has 1 amide bonds. The van der Waals surface area contributed by atoms with Crippen LogP contribution in [0.1, 0.15) is 51.4 Å². The molecular weight excluding hydrogens is 390 g/mol. The minimum Gasteiger partial charge on any atom is -0.352 e. The maximum absolute atomic E-state index is 12.8. The first-order valence-electron chi connectivity index (χ1n) is 11.2. The number of hydrogen-bond donors (Lipinski definition) is 1. The highest BCUT2D eigenvalue weighted by Crippen LogP contribution is 2.49. The SMILES string of the molecule is CC[C@@H](C)CNC(=O)c1ccc2c(c1)N(C(C)CN(CC)CC)c1ccccc1S2. The number of nitrogens with one attached hydrogen (secondary N) is 1. The van der Waals surface area contributed by atoms with Crippen molar-refractivity contribution in [3.63, 3.8) is 0 Å². The van der Waals surface area contributed by atoms with Gasteiger partial charge in [-0.15, -0.1) is 0 Å². The van der Waals surface area contributed by atoms with Gasteiger partial charge in [-0.25, -0.2) is 0 Å². The quantitative estimate of drug-likeness (QED) is 0.551. The van der Waals surface area contributed by atoms with Gasteiger partial charge in [-0.05, 0) is 56.3 Å². The van der Waals surface area contributed by atoms with Crippen molar-refractivity contribution in [3.05, 3.63) is 48.0 Å². The lowest BCUT2D eigenvalue weighted by Crippen LogP contribution is -2.41. The molecular formula is C25H35N3OS. The van der Waals surface area contributed by atoms with Crippen molar-refractivity contribution in [2.24, 2.45) is 5.92 Å². The molecule has 162 valence electrons. The molecule has 1 heterocycles. The summed E-state index contributed by atoms with van der Waals surface area (Å²) in [6.45, 7) is 14.8. The third kappa shape index (κ3) is 5.01. The highest BCUT2D eigenvalue weighted by Gasteiger charge is 2.28. The highest BCUT2D eigenvalue weighted by atomic mass is 32.2.